The van der Waals surface area contributed by atoms with Crippen molar-refractivity contribution in [2.24, 2.45) is 11.5 Å². The van der Waals surface area contributed by atoms with Crippen LogP contribution < -0.4 is 16.8 Å². The zero-order chi connectivity index (χ0) is 12.1. The first-order chi connectivity index (χ1) is 8.31. The molecule has 1 heterocycles. The van der Waals surface area contributed by atoms with E-state index in [1.54, 1.807) is 0 Å². The minimum Gasteiger partial charge on any atom is -0.329 e. The van der Waals surface area contributed by atoms with Crippen molar-refractivity contribution in [3.05, 3.63) is 35.2 Å². The highest BCUT2D eigenvalue weighted by Crippen LogP contribution is 2.25. The van der Waals surface area contributed by atoms with E-state index in [1.807, 2.05) is 11.3 Å². The normalized spacial score (nSPS) is 13.1. The Morgan fingerprint density at radius 3 is 2.94 bits per heavy atom. The molecule has 2 rings (SSSR count). The molecule has 0 fully saturated rings. The Morgan fingerprint density at radius 1 is 1.29 bits per heavy atom. The second kappa shape index (κ2) is 6.12. The molecule has 0 aliphatic heterocycles. The Hall–Kier alpha value is -0.940. The minimum atomic E-state index is 0.0641. The second-order valence-corrected chi connectivity index (χ2v) is 5.12. The van der Waals surface area contributed by atoms with Crippen LogP contribution in [-0.4, -0.2) is 25.7 Å². The van der Waals surface area contributed by atoms with Crippen LogP contribution in [0.3, 0.4) is 0 Å². The molecule has 0 spiro atoms. The quantitative estimate of drug-likeness (QED) is 0.677. The third kappa shape index (κ3) is 3.26. The molecular weight excluding hydrogens is 230 g/mol. The predicted octanol–water partition coefficient (Wildman–Crippen LogP) is 1.32. The fraction of sp³-hybridized carbons (Fsp3) is 0.385. The summed E-state index contributed by atoms with van der Waals surface area (Å²) in [6, 6.07) is 8.60. The molecule has 3 nitrogen and oxygen atoms in total. The zero-order valence-corrected chi connectivity index (χ0v) is 10.7. The molecule has 4 heteroatoms. The lowest BCUT2D eigenvalue weighted by Gasteiger charge is -2.09. The Bertz CT molecular complexity index is 466. The first kappa shape index (κ1) is 12.5. The van der Waals surface area contributed by atoms with Crippen molar-refractivity contribution in [2.45, 2.75) is 12.5 Å². The van der Waals surface area contributed by atoms with Crippen LogP contribution in [0.2, 0.25) is 0 Å². The van der Waals surface area contributed by atoms with Gasteiger partial charge in [-0.2, -0.15) is 0 Å². The van der Waals surface area contributed by atoms with Crippen LogP contribution in [0.25, 0.3) is 10.1 Å². The van der Waals surface area contributed by atoms with Crippen molar-refractivity contribution in [3.8, 4) is 0 Å². The van der Waals surface area contributed by atoms with E-state index in [9.17, 15) is 0 Å². The van der Waals surface area contributed by atoms with Crippen molar-refractivity contribution in [2.75, 3.05) is 19.6 Å². The van der Waals surface area contributed by atoms with Gasteiger partial charge in [0.25, 0.3) is 0 Å². The van der Waals surface area contributed by atoms with Gasteiger partial charge < -0.3 is 16.8 Å². The fourth-order valence-electron chi connectivity index (χ4n) is 1.82. The van der Waals surface area contributed by atoms with Gasteiger partial charge in [0.15, 0.2) is 0 Å². The number of thiophene rings is 1. The SMILES string of the molecule is NCC(N)CNCCc1csc2ccccc12. The maximum atomic E-state index is 5.74. The fourth-order valence-corrected chi connectivity index (χ4v) is 2.82. The smallest absolute Gasteiger partial charge is 0.0345 e. The summed E-state index contributed by atoms with van der Waals surface area (Å²) < 4.78 is 1.36. The third-order valence-electron chi connectivity index (χ3n) is 2.84. The average molecular weight is 249 g/mol. The average Bonchev–Trinajstić information content (AvgIpc) is 2.78. The highest BCUT2D eigenvalue weighted by molar-refractivity contribution is 7.17. The number of nitrogens with one attached hydrogen (secondary N) is 1. The van der Waals surface area contributed by atoms with Crippen LogP contribution >= 0.6 is 11.3 Å². The summed E-state index contributed by atoms with van der Waals surface area (Å²) in [5, 5.41) is 6.96. The first-order valence-electron chi connectivity index (χ1n) is 5.92. The van der Waals surface area contributed by atoms with E-state index in [1.165, 1.54) is 15.6 Å². The monoisotopic (exact) mass is 249 g/mol. The zero-order valence-electron chi connectivity index (χ0n) is 9.86. The van der Waals surface area contributed by atoms with Gasteiger partial charge in [-0.05, 0) is 35.4 Å². The number of hydrogen-bond acceptors (Lipinski definition) is 4. The molecule has 0 saturated heterocycles. The molecule has 0 radical (unpaired) electrons. The van der Waals surface area contributed by atoms with Gasteiger partial charge in [0, 0.05) is 23.8 Å². The molecule has 5 N–H and O–H groups in total. The number of hydrogen-bond donors (Lipinski definition) is 3. The van der Waals surface area contributed by atoms with Crippen LogP contribution in [0.1, 0.15) is 5.56 Å². The van der Waals surface area contributed by atoms with E-state index in [2.05, 4.69) is 35.0 Å². The summed E-state index contributed by atoms with van der Waals surface area (Å²) in [5.74, 6) is 0. The molecule has 1 aromatic heterocycles. The van der Waals surface area contributed by atoms with Crippen LogP contribution in [-0.2, 0) is 6.42 Å². The highest BCUT2D eigenvalue weighted by atomic mass is 32.1. The van der Waals surface area contributed by atoms with Crippen molar-refractivity contribution in [1.82, 2.24) is 5.32 Å². The van der Waals surface area contributed by atoms with E-state index in [0.717, 1.165) is 19.5 Å². The summed E-state index contributed by atoms with van der Waals surface area (Å²) in [6.07, 6.45) is 1.04. The van der Waals surface area contributed by atoms with Crippen LogP contribution in [0.15, 0.2) is 29.6 Å². The molecular formula is C13H19N3S. The molecule has 0 saturated carbocycles. The van der Waals surface area contributed by atoms with Crippen LogP contribution in [0.4, 0.5) is 0 Å². The van der Waals surface area contributed by atoms with E-state index >= 15 is 0 Å². The third-order valence-corrected chi connectivity index (χ3v) is 3.85. The predicted molar refractivity (Wildman–Crippen MR) is 75.4 cm³/mol. The molecule has 1 aromatic carbocycles. The van der Waals surface area contributed by atoms with Gasteiger partial charge in [-0.25, -0.2) is 0 Å². The maximum Gasteiger partial charge on any atom is 0.0345 e. The molecule has 0 amide bonds. The lowest BCUT2D eigenvalue weighted by Crippen LogP contribution is -2.40. The number of rotatable bonds is 6. The van der Waals surface area contributed by atoms with E-state index in [-0.39, 0.29) is 6.04 Å². The van der Waals surface area contributed by atoms with Crippen LogP contribution in [0.5, 0.6) is 0 Å². The molecule has 0 aliphatic rings. The van der Waals surface area contributed by atoms with Crippen molar-refractivity contribution in [1.29, 1.82) is 0 Å². The molecule has 17 heavy (non-hydrogen) atoms. The summed E-state index contributed by atoms with van der Waals surface area (Å²) in [4.78, 5) is 0. The Morgan fingerprint density at radius 2 is 2.12 bits per heavy atom. The molecule has 0 bridgehead atoms. The van der Waals surface area contributed by atoms with Crippen molar-refractivity contribution < 1.29 is 0 Å². The van der Waals surface area contributed by atoms with E-state index < -0.39 is 0 Å². The lowest BCUT2D eigenvalue weighted by atomic mass is 10.1. The second-order valence-electron chi connectivity index (χ2n) is 4.21. The number of fused-ring (bicyclic) bond motifs is 1. The van der Waals surface area contributed by atoms with E-state index in [4.69, 9.17) is 11.5 Å². The molecule has 2 aromatic rings. The highest BCUT2D eigenvalue weighted by Gasteiger charge is 2.03. The standard InChI is InChI=1S/C13H19N3S/c14-7-11(15)8-16-6-5-10-9-17-13-4-2-1-3-12(10)13/h1-4,9,11,16H,5-8,14-15H2. The number of benzene rings is 1. The molecule has 1 unspecified atom stereocenters. The van der Waals surface area contributed by atoms with Crippen molar-refractivity contribution in [3.63, 3.8) is 0 Å². The Labute approximate surface area is 106 Å². The minimum absolute atomic E-state index is 0.0641. The van der Waals surface area contributed by atoms with Gasteiger partial charge >= 0.3 is 0 Å². The topological polar surface area (TPSA) is 64.1 Å². The molecule has 1 atom stereocenters. The number of nitrogens with two attached hydrogens (primary N) is 2. The van der Waals surface area contributed by atoms with Gasteiger partial charge in [-0.15, -0.1) is 11.3 Å². The van der Waals surface area contributed by atoms with Gasteiger partial charge in [-0.1, -0.05) is 18.2 Å². The summed E-state index contributed by atoms with van der Waals surface area (Å²) in [6.45, 7) is 2.28. The van der Waals surface area contributed by atoms with Gasteiger partial charge in [0.1, 0.15) is 0 Å². The summed E-state index contributed by atoms with van der Waals surface area (Å²) in [7, 11) is 0. The van der Waals surface area contributed by atoms with E-state index in [0.29, 0.717) is 6.54 Å². The largest absolute Gasteiger partial charge is 0.329 e. The molecule has 0 aliphatic carbocycles. The first-order valence-corrected chi connectivity index (χ1v) is 6.80. The summed E-state index contributed by atoms with van der Waals surface area (Å²) >= 11 is 1.81. The van der Waals surface area contributed by atoms with Crippen LogP contribution in [0, 0.1) is 0 Å². The van der Waals surface area contributed by atoms with Gasteiger partial charge in [-0.3, -0.25) is 0 Å². The Kier molecular flexibility index (Phi) is 4.50. The van der Waals surface area contributed by atoms with Gasteiger partial charge in [0.05, 0.1) is 0 Å². The lowest BCUT2D eigenvalue weighted by molar-refractivity contribution is 0.584. The Balaban J connectivity index is 1.87. The summed E-state index contributed by atoms with van der Waals surface area (Å²) in [5.41, 5.74) is 12.6. The van der Waals surface area contributed by atoms with Gasteiger partial charge in [0.2, 0.25) is 0 Å². The van der Waals surface area contributed by atoms with Crippen molar-refractivity contribution >= 4 is 21.4 Å². The molecule has 92 valence electrons. The maximum absolute atomic E-state index is 5.74.